The number of fused-ring (bicyclic) bond motifs is 1. The number of pyridine rings is 1. The standard InChI is InChI=1S/C22H21FN6O4S/c1-14-18(21(27-33-14)15-3-6-17(23)7-4-15)13-32-20-8-5-16(11-24-20)22-26-25-19-12-28(34(2,30)31)9-10-29(19)22/h3-8,11H,9-10,12-13H2,1-2H3. The van der Waals surface area contributed by atoms with Gasteiger partial charge in [-0.2, -0.15) is 4.31 Å². The van der Waals surface area contributed by atoms with Gasteiger partial charge in [0.15, 0.2) is 5.82 Å². The Labute approximate surface area is 195 Å². The molecule has 0 bridgehead atoms. The summed E-state index contributed by atoms with van der Waals surface area (Å²) >= 11 is 0. The van der Waals surface area contributed by atoms with E-state index in [1.54, 1.807) is 31.3 Å². The molecule has 4 heterocycles. The molecule has 3 aromatic heterocycles. The van der Waals surface area contributed by atoms with Crippen LogP contribution in [0.15, 0.2) is 47.1 Å². The van der Waals surface area contributed by atoms with Crippen LogP contribution >= 0.6 is 0 Å². The van der Waals surface area contributed by atoms with Gasteiger partial charge in [0.1, 0.15) is 29.7 Å². The van der Waals surface area contributed by atoms with Gasteiger partial charge in [0, 0.05) is 36.5 Å². The van der Waals surface area contributed by atoms with Crippen LogP contribution in [0.3, 0.4) is 0 Å². The number of halogens is 1. The normalized spacial score (nSPS) is 14.2. The van der Waals surface area contributed by atoms with Gasteiger partial charge < -0.3 is 13.8 Å². The minimum absolute atomic E-state index is 0.177. The van der Waals surface area contributed by atoms with Gasteiger partial charge in [-0.25, -0.2) is 17.8 Å². The van der Waals surface area contributed by atoms with Gasteiger partial charge in [-0.15, -0.1) is 10.2 Å². The van der Waals surface area contributed by atoms with E-state index in [9.17, 15) is 12.8 Å². The number of benzene rings is 1. The second kappa shape index (κ2) is 8.61. The summed E-state index contributed by atoms with van der Waals surface area (Å²) in [6, 6.07) is 9.56. The molecule has 34 heavy (non-hydrogen) atoms. The van der Waals surface area contributed by atoms with E-state index in [4.69, 9.17) is 9.26 Å². The Morgan fingerprint density at radius 3 is 2.56 bits per heavy atom. The van der Waals surface area contributed by atoms with Gasteiger partial charge >= 0.3 is 0 Å². The third-order valence-corrected chi connectivity index (χ3v) is 6.90. The highest BCUT2D eigenvalue weighted by molar-refractivity contribution is 7.88. The first-order valence-electron chi connectivity index (χ1n) is 10.5. The largest absolute Gasteiger partial charge is 0.473 e. The number of hydrogen-bond donors (Lipinski definition) is 0. The summed E-state index contributed by atoms with van der Waals surface area (Å²) in [5.41, 5.74) is 2.81. The van der Waals surface area contributed by atoms with E-state index >= 15 is 0 Å². The first kappa shape index (κ1) is 22.2. The number of aromatic nitrogens is 5. The molecule has 1 aliphatic rings. The lowest BCUT2D eigenvalue weighted by molar-refractivity contribution is 0.290. The van der Waals surface area contributed by atoms with Crippen molar-refractivity contribution >= 4 is 10.0 Å². The fourth-order valence-corrected chi connectivity index (χ4v) is 4.54. The van der Waals surface area contributed by atoms with E-state index in [2.05, 4.69) is 20.3 Å². The SMILES string of the molecule is Cc1onc(-c2ccc(F)cc2)c1COc1ccc(-c2nnc3n2CCN(S(C)(=O)=O)C3)cn1. The summed E-state index contributed by atoms with van der Waals surface area (Å²) in [5, 5.41) is 12.5. The maximum absolute atomic E-state index is 13.3. The van der Waals surface area contributed by atoms with Crippen LogP contribution in [0.5, 0.6) is 5.88 Å². The van der Waals surface area contributed by atoms with Crippen LogP contribution in [0.4, 0.5) is 4.39 Å². The van der Waals surface area contributed by atoms with E-state index < -0.39 is 10.0 Å². The third kappa shape index (κ3) is 4.29. The summed E-state index contributed by atoms with van der Waals surface area (Å²) < 4.78 is 51.3. The van der Waals surface area contributed by atoms with Crippen LogP contribution in [0, 0.1) is 12.7 Å². The van der Waals surface area contributed by atoms with Gasteiger partial charge in [-0.1, -0.05) is 5.16 Å². The van der Waals surface area contributed by atoms with Gasteiger partial charge in [-0.05, 0) is 37.3 Å². The van der Waals surface area contributed by atoms with Crippen molar-refractivity contribution in [3.63, 3.8) is 0 Å². The van der Waals surface area contributed by atoms with Crippen LogP contribution in [-0.2, 0) is 29.7 Å². The van der Waals surface area contributed by atoms with E-state index in [0.29, 0.717) is 42.1 Å². The molecule has 176 valence electrons. The molecule has 0 N–H and O–H groups in total. The van der Waals surface area contributed by atoms with Crippen LogP contribution in [-0.4, -0.2) is 50.4 Å². The van der Waals surface area contributed by atoms with Crippen molar-refractivity contribution < 1.29 is 22.1 Å². The smallest absolute Gasteiger partial charge is 0.213 e. The highest BCUT2D eigenvalue weighted by atomic mass is 32.2. The van der Waals surface area contributed by atoms with Crippen molar-refractivity contribution in [1.29, 1.82) is 0 Å². The average Bonchev–Trinajstić information content (AvgIpc) is 3.41. The Kier molecular flexibility index (Phi) is 5.62. The molecule has 0 saturated carbocycles. The van der Waals surface area contributed by atoms with E-state index in [1.165, 1.54) is 22.7 Å². The third-order valence-electron chi connectivity index (χ3n) is 5.65. The van der Waals surface area contributed by atoms with E-state index in [0.717, 1.165) is 16.7 Å². The molecule has 0 radical (unpaired) electrons. The number of sulfonamides is 1. The highest BCUT2D eigenvalue weighted by Gasteiger charge is 2.27. The second-order valence-electron chi connectivity index (χ2n) is 7.93. The summed E-state index contributed by atoms with van der Waals surface area (Å²) in [7, 11) is -3.29. The zero-order valence-electron chi connectivity index (χ0n) is 18.5. The van der Waals surface area contributed by atoms with E-state index in [1.807, 2.05) is 10.6 Å². The predicted molar refractivity (Wildman–Crippen MR) is 119 cm³/mol. The maximum atomic E-state index is 13.3. The minimum Gasteiger partial charge on any atom is -0.473 e. The molecule has 0 spiro atoms. The van der Waals surface area contributed by atoms with Crippen molar-refractivity contribution in [2.45, 2.75) is 26.6 Å². The average molecular weight is 485 g/mol. The summed E-state index contributed by atoms with van der Waals surface area (Å²) in [6.45, 7) is 2.97. The minimum atomic E-state index is -3.29. The fourth-order valence-electron chi connectivity index (χ4n) is 3.77. The molecular weight excluding hydrogens is 463 g/mol. The van der Waals surface area contributed by atoms with Crippen LogP contribution in [0.1, 0.15) is 17.1 Å². The monoisotopic (exact) mass is 484 g/mol. The van der Waals surface area contributed by atoms with Crippen molar-refractivity contribution in [2.24, 2.45) is 0 Å². The molecule has 0 aliphatic carbocycles. The topological polar surface area (TPSA) is 116 Å². The molecule has 0 amide bonds. The number of ether oxygens (including phenoxy) is 1. The van der Waals surface area contributed by atoms with E-state index in [-0.39, 0.29) is 19.0 Å². The van der Waals surface area contributed by atoms with Gasteiger partial charge in [0.25, 0.3) is 0 Å². The zero-order valence-corrected chi connectivity index (χ0v) is 19.3. The van der Waals surface area contributed by atoms with Crippen molar-refractivity contribution in [3.05, 3.63) is 65.6 Å². The second-order valence-corrected chi connectivity index (χ2v) is 9.92. The van der Waals surface area contributed by atoms with Crippen LogP contribution in [0.2, 0.25) is 0 Å². The van der Waals surface area contributed by atoms with Crippen LogP contribution < -0.4 is 4.74 Å². The summed E-state index contributed by atoms with van der Waals surface area (Å²) in [6.07, 6.45) is 2.82. The molecule has 0 saturated heterocycles. The molecule has 5 rings (SSSR count). The molecule has 0 atom stereocenters. The number of hydrogen-bond acceptors (Lipinski definition) is 8. The molecule has 4 aromatic rings. The number of nitrogens with zero attached hydrogens (tertiary/aromatic N) is 6. The predicted octanol–water partition coefficient (Wildman–Crippen LogP) is 2.80. The maximum Gasteiger partial charge on any atom is 0.213 e. The molecule has 1 aromatic carbocycles. The molecule has 12 heteroatoms. The van der Waals surface area contributed by atoms with Crippen molar-refractivity contribution in [1.82, 2.24) is 29.2 Å². The summed E-state index contributed by atoms with van der Waals surface area (Å²) in [4.78, 5) is 4.37. The number of rotatable bonds is 6. The Hall–Kier alpha value is -3.64. The zero-order chi connectivity index (χ0) is 23.9. The van der Waals surface area contributed by atoms with Gasteiger partial charge in [0.05, 0.1) is 18.4 Å². The van der Waals surface area contributed by atoms with Crippen molar-refractivity contribution in [2.75, 3.05) is 12.8 Å². The van der Waals surface area contributed by atoms with Crippen LogP contribution in [0.25, 0.3) is 22.6 Å². The molecule has 0 fully saturated rings. The Morgan fingerprint density at radius 1 is 1.09 bits per heavy atom. The lowest BCUT2D eigenvalue weighted by Crippen LogP contribution is -2.37. The lowest BCUT2D eigenvalue weighted by Gasteiger charge is -2.25. The first-order valence-corrected chi connectivity index (χ1v) is 12.3. The molecule has 10 nitrogen and oxygen atoms in total. The van der Waals surface area contributed by atoms with Gasteiger partial charge in [0.2, 0.25) is 15.9 Å². The quantitative estimate of drug-likeness (QED) is 0.410. The molecular formula is C22H21FN6O4S. The molecule has 1 aliphatic heterocycles. The fraction of sp³-hybridized carbons (Fsp3) is 0.273. The first-order chi connectivity index (χ1) is 16.3. The Morgan fingerprint density at radius 2 is 1.85 bits per heavy atom. The summed E-state index contributed by atoms with van der Waals surface area (Å²) in [5.74, 6) is 1.89. The highest BCUT2D eigenvalue weighted by Crippen LogP contribution is 2.27. The lowest BCUT2D eigenvalue weighted by atomic mass is 10.1. The molecule has 0 unspecified atom stereocenters. The number of aryl methyl sites for hydroxylation is 1. The van der Waals surface area contributed by atoms with Gasteiger partial charge in [-0.3, -0.25) is 0 Å². The Bertz CT molecular complexity index is 1430. The Balaban J connectivity index is 1.30. The van der Waals surface area contributed by atoms with Crippen molar-refractivity contribution in [3.8, 4) is 28.5 Å².